The van der Waals surface area contributed by atoms with Gasteiger partial charge in [-0.25, -0.2) is 4.98 Å². The summed E-state index contributed by atoms with van der Waals surface area (Å²) in [7, 11) is 1.62. The molecule has 0 saturated carbocycles. The van der Waals surface area contributed by atoms with E-state index in [2.05, 4.69) is 10.3 Å². The van der Waals surface area contributed by atoms with Gasteiger partial charge in [0, 0.05) is 32.7 Å². The SMILES string of the molecule is COCCCC(=O)Nc1ccc2oc(C)nc2c1. The van der Waals surface area contributed by atoms with Crippen LogP contribution in [0.4, 0.5) is 5.69 Å². The van der Waals surface area contributed by atoms with Crippen LogP contribution in [0.1, 0.15) is 18.7 Å². The number of hydrogen-bond donors (Lipinski definition) is 1. The number of hydrogen-bond acceptors (Lipinski definition) is 4. The maximum Gasteiger partial charge on any atom is 0.224 e. The van der Waals surface area contributed by atoms with Gasteiger partial charge in [0.25, 0.3) is 0 Å². The van der Waals surface area contributed by atoms with E-state index in [0.29, 0.717) is 25.3 Å². The largest absolute Gasteiger partial charge is 0.441 e. The minimum atomic E-state index is -0.0217. The van der Waals surface area contributed by atoms with Crippen molar-refractivity contribution in [2.75, 3.05) is 19.0 Å². The Balaban J connectivity index is 2.00. The predicted octanol–water partition coefficient (Wildman–Crippen LogP) is 2.50. The van der Waals surface area contributed by atoms with Gasteiger partial charge in [0.1, 0.15) is 5.52 Å². The summed E-state index contributed by atoms with van der Waals surface area (Å²) in [6, 6.07) is 5.42. The van der Waals surface area contributed by atoms with Crippen molar-refractivity contribution >= 4 is 22.7 Å². The van der Waals surface area contributed by atoms with E-state index in [1.54, 1.807) is 32.2 Å². The zero-order valence-electron chi connectivity index (χ0n) is 10.5. The van der Waals surface area contributed by atoms with Crippen LogP contribution in [-0.4, -0.2) is 24.6 Å². The van der Waals surface area contributed by atoms with Crippen LogP contribution in [0.25, 0.3) is 11.1 Å². The number of anilines is 1. The number of oxazole rings is 1. The minimum Gasteiger partial charge on any atom is -0.441 e. The summed E-state index contributed by atoms with van der Waals surface area (Å²) in [6.45, 7) is 2.39. The van der Waals surface area contributed by atoms with Crippen molar-refractivity contribution in [3.05, 3.63) is 24.1 Å². The van der Waals surface area contributed by atoms with Crippen LogP contribution in [0.2, 0.25) is 0 Å². The van der Waals surface area contributed by atoms with E-state index in [1.165, 1.54) is 0 Å². The van der Waals surface area contributed by atoms with Gasteiger partial charge >= 0.3 is 0 Å². The third-order valence-electron chi connectivity index (χ3n) is 2.53. The third kappa shape index (κ3) is 3.07. The highest BCUT2D eigenvalue weighted by Gasteiger charge is 2.06. The first kappa shape index (κ1) is 12.6. The Morgan fingerprint density at radius 3 is 3.11 bits per heavy atom. The molecule has 0 radical (unpaired) electrons. The van der Waals surface area contributed by atoms with Gasteiger partial charge in [0.2, 0.25) is 5.91 Å². The number of nitrogens with one attached hydrogen (secondary N) is 1. The van der Waals surface area contributed by atoms with Crippen molar-refractivity contribution in [1.29, 1.82) is 0 Å². The molecule has 96 valence electrons. The zero-order valence-corrected chi connectivity index (χ0v) is 10.5. The first-order valence-electron chi connectivity index (χ1n) is 5.85. The Morgan fingerprint density at radius 1 is 1.50 bits per heavy atom. The van der Waals surface area contributed by atoms with Crippen molar-refractivity contribution in [1.82, 2.24) is 4.98 Å². The second-order valence-corrected chi connectivity index (χ2v) is 4.06. The van der Waals surface area contributed by atoms with Crippen LogP contribution in [0.15, 0.2) is 22.6 Å². The smallest absolute Gasteiger partial charge is 0.224 e. The molecule has 2 aromatic rings. The summed E-state index contributed by atoms with van der Waals surface area (Å²) in [4.78, 5) is 15.8. The van der Waals surface area contributed by atoms with Crippen molar-refractivity contribution in [2.45, 2.75) is 19.8 Å². The van der Waals surface area contributed by atoms with Crippen molar-refractivity contribution in [3.8, 4) is 0 Å². The summed E-state index contributed by atoms with van der Waals surface area (Å²) in [6.07, 6.45) is 1.16. The molecule has 1 aromatic heterocycles. The van der Waals surface area contributed by atoms with Crippen molar-refractivity contribution < 1.29 is 13.9 Å². The van der Waals surface area contributed by atoms with Crippen LogP contribution in [0.5, 0.6) is 0 Å². The van der Waals surface area contributed by atoms with Crippen LogP contribution in [-0.2, 0) is 9.53 Å². The fourth-order valence-corrected chi connectivity index (χ4v) is 1.72. The summed E-state index contributed by atoms with van der Waals surface area (Å²) in [5.74, 6) is 0.597. The number of carbonyl (C=O) groups excluding carboxylic acids is 1. The van der Waals surface area contributed by atoms with Gasteiger partial charge in [-0.05, 0) is 24.6 Å². The number of nitrogens with zero attached hydrogens (tertiary/aromatic N) is 1. The lowest BCUT2D eigenvalue weighted by Gasteiger charge is -2.04. The number of amides is 1. The first-order valence-corrected chi connectivity index (χ1v) is 5.85. The van der Waals surface area contributed by atoms with Crippen molar-refractivity contribution in [2.24, 2.45) is 0 Å². The molecular weight excluding hydrogens is 232 g/mol. The third-order valence-corrected chi connectivity index (χ3v) is 2.53. The Hall–Kier alpha value is -1.88. The maximum atomic E-state index is 11.6. The average molecular weight is 248 g/mol. The molecule has 5 nitrogen and oxygen atoms in total. The second-order valence-electron chi connectivity index (χ2n) is 4.06. The van der Waals surface area contributed by atoms with Gasteiger partial charge in [-0.3, -0.25) is 4.79 Å². The Labute approximate surface area is 105 Å². The number of carbonyl (C=O) groups is 1. The molecule has 0 aliphatic heterocycles. The molecule has 0 fully saturated rings. The Morgan fingerprint density at radius 2 is 2.33 bits per heavy atom. The molecule has 0 aliphatic rings. The molecule has 1 amide bonds. The highest BCUT2D eigenvalue weighted by atomic mass is 16.5. The summed E-state index contributed by atoms with van der Waals surface area (Å²) in [5.41, 5.74) is 2.21. The number of aryl methyl sites for hydroxylation is 1. The lowest BCUT2D eigenvalue weighted by atomic mass is 10.2. The van der Waals surface area contributed by atoms with E-state index in [0.717, 1.165) is 16.8 Å². The lowest BCUT2D eigenvalue weighted by Crippen LogP contribution is -2.11. The maximum absolute atomic E-state index is 11.6. The van der Waals surface area contributed by atoms with Crippen LogP contribution >= 0.6 is 0 Å². The molecule has 1 heterocycles. The summed E-state index contributed by atoms with van der Waals surface area (Å²) < 4.78 is 10.3. The fourth-order valence-electron chi connectivity index (χ4n) is 1.72. The van der Waals surface area contributed by atoms with Gasteiger partial charge in [0.05, 0.1) is 0 Å². The monoisotopic (exact) mass is 248 g/mol. The molecule has 0 saturated heterocycles. The van der Waals surface area contributed by atoms with E-state index in [1.807, 2.05) is 0 Å². The first-order chi connectivity index (χ1) is 8.69. The Kier molecular flexibility index (Phi) is 3.94. The van der Waals surface area contributed by atoms with E-state index in [-0.39, 0.29) is 5.91 Å². The van der Waals surface area contributed by atoms with Gasteiger partial charge in [-0.15, -0.1) is 0 Å². The average Bonchev–Trinajstić information content (AvgIpc) is 2.69. The van der Waals surface area contributed by atoms with Crippen LogP contribution < -0.4 is 5.32 Å². The molecular formula is C13H16N2O3. The molecule has 5 heteroatoms. The fraction of sp³-hybridized carbons (Fsp3) is 0.385. The zero-order chi connectivity index (χ0) is 13.0. The van der Waals surface area contributed by atoms with E-state index < -0.39 is 0 Å². The normalized spacial score (nSPS) is 10.8. The standard InChI is InChI=1S/C13H16N2O3/c1-9-14-11-8-10(5-6-12(11)18-9)15-13(16)4-3-7-17-2/h5-6,8H,3-4,7H2,1-2H3,(H,15,16). The molecule has 0 atom stereocenters. The van der Waals surface area contributed by atoms with Gasteiger partial charge in [-0.2, -0.15) is 0 Å². The van der Waals surface area contributed by atoms with E-state index in [4.69, 9.17) is 9.15 Å². The van der Waals surface area contributed by atoms with Gasteiger partial charge in [-0.1, -0.05) is 0 Å². The number of benzene rings is 1. The number of rotatable bonds is 5. The van der Waals surface area contributed by atoms with Crippen LogP contribution in [0.3, 0.4) is 0 Å². The molecule has 1 N–H and O–H groups in total. The predicted molar refractivity (Wildman–Crippen MR) is 68.5 cm³/mol. The topological polar surface area (TPSA) is 64.4 Å². The van der Waals surface area contributed by atoms with Gasteiger partial charge < -0.3 is 14.5 Å². The molecule has 2 rings (SSSR count). The quantitative estimate of drug-likeness (QED) is 0.826. The van der Waals surface area contributed by atoms with Crippen molar-refractivity contribution in [3.63, 3.8) is 0 Å². The summed E-state index contributed by atoms with van der Waals surface area (Å²) in [5, 5.41) is 2.83. The molecule has 0 aliphatic carbocycles. The molecule has 0 bridgehead atoms. The number of ether oxygens (including phenoxy) is 1. The van der Waals surface area contributed by atoms with Gasteiger partial charge in [0.15, 0.2) is 11.5 Å². The van der Waals surface area contributed by atoms with E-state index in [9.17, 15) is 4.79 Å². The number of fused-ring (bicyclic) bond motifs is 1. The molecule has 1 aromatic carbocycles. The second kappa shape index (κ2) is 5.64. The molecule has 0 unspecified atom stereocenters. The lowest BCUT2D eigenvalue weighted by molar-refractivity contribution is -0.116. The van der Waals surface area contributed by atoms with E-state index >= 15 is 0 Å². The minimum absolute atomic E-state index is 0.0217. The highest BCUT2D eigenvalue weighted by Crippen LogP contribution is 2.19. The molecule has 0 spiro atoms. The Bertz CT molecular complexity index is 548. The molecule has 18 heavy (non-hydrogen) atoms. The number of methoxy groups -OCH3 is 1. The number of aromatic nitrogens is 1. The summed E-state index contributed by atoms with van der Waals surface area (Å²) >= 11 is 0. The highest BCUT2D eigenvalue weighted by molar-refractivity contribution is 5.92. The van der Waals surface area contributed by atoms with Crippen LogP contribution in [0, 0.1) is 6.92 Å².